The SMILES string of the molecule is Fc1ccc(Nc2[nH]c(=S)n(-c3ccc4nc[nH]c4c3)c2-c2ccnc3ccccc23)cc1. The fourth-order valence-corrected chi connectivity index (χ4v) is 4.37. The molecule has 0 saturated heterocycles. The number of nitrogens with one attached hydrogen (secondary N) is 3. The van der Waals surface area contributed by atoms with E-state index in [9.17, 15) is 4.39 Å². The first-order valence-corrected chi connectivity index (χ1v) is 10.7. The molecule has 160 valence electrons. The molecule has 0 aliphatic rings. The number of hydrogen-bond donors (Lipinski definition) is 3. The molecule has 0 saturated carbocycles. The Morgan fingerprint density at radius 1 is 0.909 bits per heavy atom. The van der Waals surface area contributed by atoms with Gasteiger partial charge in [0.1, 0.15) is 11.6 Å². The van der Waals surface area contributed by atoms with E-state index in [1.54, 1.807) is 24.7 Å². The van der Waals surface area contributed by atoms with Crippen LogP contribution in [0.5, 0.6) is 0 Å². The minimum atomic E-state index is -0.292. The van der Waals surface area contributed by atoms with E-state index in [0.29, 0.717) is 10.6 Å². The lowest BCUT2D eigenvalue weighted by molar-refractivity contribution is 0.628. The molecular weight excluding hydrogens is 435 g/mol. The van der Waals surface area contributed by atoms with Crippen LogP contribution in [-0.4, -0.2) is 24.5 Å². The van der Waals surface area contributed by atoms with Crippen molar-refractivity contribution in [3.05, 3.63) is 95.9 Å². The molecule has 6 rings (SSSR count). The second-order valence-electron chi connectivity index (χ2n) is 7.60. The largest absolute Gasteiger partial charge is 0.345 e. The van der Waals surface area contributed by atoms with Crippen molar-refractivity contribution in [2.24, 2.45) is 0 Å². The average molecular weight is 453 g/mol. The van der Waals surface area contributed by atoms with Crippen molar-refractivity contribution >= 4 is 45.7 Å². The summed E-state index contributed by atoms with van der Waals surface area (Å²) >= 11 is 5.77. The van der Waals surface area contributed by atoms with E-state index < -0.39 is 0 Å². The van der Waals surface area contributed by atoms with Crippen molar-refractivity contribution in [1.82, 2.24) is 24.5 Å². The Balaban J connectivity index is 1.63. The van der Waals surface area contributed by atoms with Crippen LogP contribution in [0.4, 0.5) is 15.9 Å². The number of H-pyrrole nitrogens is 2. The molecule has 0 aliphatic heterocycles. The maximum Gasteiger partial charge on any atom is 0.183 e. The van der Waals surface area contributed by atoms with Crippen LogP contribution in [0.2, 0.25) is 0 Å². The van der Waals surface area contributed by atoms with E-state index in [0.717, 1.165) is 44.6 Å². The topological polar surface area (TPSA) is 74.3 Å². The Labute approximate surface area is 192 Å². The number of para-hydroxylation sites is 1. The Bertz CT molecular complexity index is 1670. The third-order valence-corrected chi connectivity index (χ3v) is 5.86. The normalized spacial score (nSPS) is 11.3. The molecule has 0 bridgehead atoms. The van der Waals surface area contributed by atoms with Gasteiger partial charge in [0.25, 0.3) is 0 Å². The molecular formula is C25H17FN6S. The summed E-state index contributed by atoms with van der Waals surface area (Å²) in [6, 6.07) is 22.1. The maximum absolute atomic E-state index is 13.5. The lowest BCUT2D eigenvalue weighted by atomic mass is 10.1. The van der Waals surface area contributed by atoms with Crippen LogP contribution in [-0.2, 0) is 0 Å². The standard InChI is InChI=1S/C25H17FN6S/c26-15-5-7-16(8-6-15)30-24-23(19-11-12-27-20-4-2-1-3-18(19)20)32(25(33)31-24)17-9-10-21-22(13-17)29-14-28-21/h1-14,30H,(H,28,29)(H,31,33). The number of hydrogen-bond acceptors (Lipinski definition) is 4. The first-order valence-electron chi connectivity index (χ1n) is 10.3. The third kappa shape index (κ3) is 3.37. The van der Waals surface area contributed by atoms with Crippen molar-refractivity contribution < 1.29 is 4.39 Å². The molecule has 3 aromatic carbocycles. The zero-order chi connectivity index (χ0) is 22.4. The second kappa shape index (κ2) is 7.68. The first-order chi connectivity index (χ1) is 16.2. The van der Waals surface area contributed by atoms with Crippen LogP contribution in [0.25, 0.3) is 38.9 Å². The zero-order valence-corrected chi connectivity index (χ0v) is 18.0. The molecule has 0 aliphatic carbocycles. The summed E-state index contributed by atoms with van der Waals surface area (Å²) in [6.07, 6.45) is 3.46. The van der Waals surface area contributed by atoms with E-state index >= 15 is 0 Å². The van der Waals surface area contributed by atoms with Crippen LogP contribution in [0, 0.1) is 10.6 Å². The fraction of sp³-hybridized carbons (Fsp3) is 0. The van der Waals surface area contributed by atoms with Gasteiger partial charge in [0, 0.05) is 22.8 Å². The summed E-state index contributed by atoms with van der Waals surface area (Å²) in [5, 5.41) is 4.37. The first kappa shape index (κ1) is 19.4. The number of rotatable bonds is 4. The zero-order valence-electron chi connectivity index (χ0n) is 17.2. The molecule has 0 atom stereocenters. The van der Waals surface area contributed by atoms with Gasteiger partial charge in [-0.2, -0.15) is 0 Å². The number of imidazole rings is 2. The Morgan fingerprint density at radius 3 is 2.64 bits per heavy atom. The predicted molar refractivity (Wildman–Crippen MR) is 131 cm³/mol. The highest BCUT2D eigenvalue weighted by atomic mass is 32.1. The molecule has 0 unspecified atom stereocenters. The van der Waals surface area contributed by atoms with Crippen LogP contribution < -0.4 is 5.32 Å². The summed E-state index contributed by atoms with van der Waals surface area (Å²) in [5.41, 5.74) is 6.10. The monoisotopic (exact) mass is 452 g/mol. The van der Waals surface area contributed by atoms with Crippen molar-refractivity contribution in [2.75, 3.05) is 5.32 Å². The molecule has 8 heteroatoms. The minimum absolute atomic E-state index is 0.292. The molecule has 6 nitrogen and oxygen atoms in total. The van der Waals surface area contributed by atoms with Gasteiger partial charge in [0.05, 0.1) is 34.3 Å². The van der Waals surface area contributed by atoms with E-state index in [-0.39, 0.29) is 5.82 Å². The summed E-state index contributed by atoms with van der Waals surface area (Å²) < 4.78 is 16.0. The quantitative estimate of drug-likeness (QED) is 0.267. The van der Waals surface area contributed by atoms with Crippen molar-refractivity contribution in [3.63, 3.8) is 0 Å². The van der Waals surface area contributed by atoms with Gasteiger partial charge in [-0.15, -0.1) is 0 Å². The van der Waals surface area contributed by atoms with Crippen LogP contribution in [0.1, 0.15) is 0 Å². The second-order valence-corrected chi connectivity index (χ2v) is 7.99. The van der Waals surface area contributed by atoms with E-state index in [1.165, 1.54) is 12.1 Å². The van der Waals surface area contributed by atoms with Crippen LogP contribution in [0.15, 0.2) is 85.3 Å². The van der Waals surface area contributed by atoms with Gasteiger partial charge in [-0.25, -0.2) is 9.37 Å². The molecule has 0 spiro atoms. The molecule has 3 heterocycles. The highest BCUT2D eigenvalue weighted by Crippen LogP contribution is 2.36. The highest BCUT2D eigenvalue weighted by molar-refractivity contribution is 7.71. The number of benzene rings is 3. The molecule has 3 N–H and O–H groups in total. The number of fused-ring (bicyclic) bond motifs is 2. The van der Waals surface area contributed by atoms with Gasteiger partial charge in [-0.05, 0) is 66.8 Å². The van der Waals surface area contributed by atoms with Gasteiger partial charge in [-0.1, -0.05) is 18.2 Å². The lowest BCUT2D eigenvalue weighted by Gasteiger charge is -2.14. The van der Waals surface area contributed by atoms with Gasteiger partial charge in [0.15, 0.2) is 4.77 Å². The maximum atomic E-state index is 13.5. The van der Waals surface area contributed by atoms with Crippen molar-refractivity contribution in [3.8, 4) is 16.9 Å². The Hall–Kier alpha value is -4.30. The number of halogens is 1. The highest BCUT2D eigenvalue weighted by Gasteiger charge is 2.19. The summed E-state index contributed by atoms with van der Waals surface area (Å²) in [6.45, 7) is 0. The number of aromatic amines is 2. The summed E-state index contributed by atoms with van der Waals surface area (Å²) in [5.74, 6) is 0.409. The molecule has 0 amide bonds. The molecule has 0 fully saturated rings. The third-order valence-electron chi connectivity index (χ3n) is 5.58. The Morgan fingerprint density at radius 2 is 1.76 bits per heavy atom. The van der Waals surface area contributed by atoms with Crippen LogP contribution >= 0.6 is 12.2 Å². The predicted octanol–water partition coefficient (Wildman–Crippen LogP) is 6.51. The number of pyridine rings is 1. The van der Waals surface area contributed by atoms with Crippen molar-refractivity contribution in [1.29, 1.82) is 0 Å². The van der Waals surface area contributed by atoms with Gasteiger partial charge < -0.3 is 15.3 Å². The lowest BCUT2D eigenvalue weighted by Crippen LogP contribution is -2.00. The van der Waals surface area contributed by atoms with E-state index in [2.05, 4.69) is 25.3 Å². The van der Waals surface area contributed by atoms with Gasteiger partial charge >= 0.3 is 0 Å². The number of nitrogens with zero attached hydrogens (tertiary/aromatic N) is 3. The van der Waals surface area contributed by atoms with Crippen molar-refractivity contribution in [2.45, 2.75) is 0 Å². The molecule has 3 aromatic heterocycles. The van der Waals surface area contributed by atoms with Gasteiger partial charge in [-0.3, -0.25) is 9.55 Å². The summed E-state index contributed by atoms with van der Waals surface area (Å²) in [7, 11) is 0. The molecule has 33 heavy (non-hydrogen) atoms. The Kier molecular flexibility index (Phi) is 4.51. The van der Waals surface area contributed by atoms with E-state index in [1.807, 2.05) is 53.1 Å². The van der Waals surface area contributed by atoms with Gasteiger partial charge in [0.2, 0.25) is 0 Å². The smallest absolute Gasteiger partial charge is 0.183 e. The molecule has 6 aromatic rings. The minimum Gasteiger partial charge on any atom is -0.345 e. The number of anilines is 2. The summed E-state index contributed by atoms with van der Waals surface area (Å²) in [4.78, 5) is 15.3. The average Bonchev–Trinajstić information content (AvgIpc) is 3.43. The number of aromatic nitrogens is 5. The van der Waals surface area contributed by atoms with E-state index in [4.69, 9.17) is 12.2 Å². The fourth-order valence-electron chi connectivity index (χ4n) is 4.07. The molecule has 0 radical (unpaired) electrons. The van der Waals surface area contributed by atoms with Crippen LogP contribution in [0.3, 0.4) is 0 Å².